The number of alkyl carbamates (subject to hydrolysis) is 1. The molecule has 0 saturated carbocycles. The van der Waals surface area contributed by atoms with E-state index < -0.39 is 24.1 Å². The molecule has 2 aromatic rings. The molecular weight excluding hydrogens is 422 g/mol. The summed E-state index contributed by atoms with van der Waals surface area (Å²) < 4.78 is 15.6. The van der Waals surface area contributed by atoms with Gasteiger partial charge in [0.25, 0.3) is 5.91 Å². The third-order valence-corrected chi connectivity index (χ3v) is 4.76. The molecule has 0 spiro atoms. The van der Waals surface area contributed by atoms with Crippen LogP contribution in [0.4, 0.5) is 4.79 Å². The summed E-state index contributed by atoms with van der Waals surface area (Å²) in [6, 6.07) is 12.9. The van der Waals surface area contributed by atoms with Crippen LogP contribution in [0.2, 0.25) is 0 Å². The van der Waals surface area contributed by atoms with Gasteiger partial charge in [-0.25, -0.2) is 4.79 Å². The number of thiol groups is 1. The molecule has 2 amide bonds. The number of rotatable bonds is 9. The Hall–Kier alpha value is -3.20. The summed E-state index contributed by atoms with van der Waals surface area (Å²) in [5.74, 6) is -1.26. The van der Waals surface area contributed by atoms with Crippen LogP contribution in [0.5, 0.6) is 11.5 Å². The van der Waals surface area contributed by atoms with Crippen molar-refractivity contribution in [3.63, 3.8) is 0 Å². The van der Waals surface area contributed by atoms with Crippen molar-refractivity contribution in [2.24, 2.45) is 5.92 Å². The van der Waals surface area contributed by atoms with Gasteiger partial charge in [0.15, 0.2) is 11.5 Å². The van der Waals surface area contributed by atoms with Crippen LogP contribution in [0.15, 0.2) is 48.5 Å². The zero-order valence-electron chi connectivity index (χ0n) is 17.2. The van der Waals surface area contributed by atoms with Crippen LogP contribution in [-0.2, 0) is 14.3 Å². The quantitative estimate of drug-likeness (QED) is 0.398. The average molecular weight is 448 g/mol. The minimum atomic E-state index is -0.937. The number of aromatic hydroxyl groups is 1. The lowest BCUT2D eigenvalue weighted by Crippen LogP contribution is -2.33. The molecule has 0 fully saturated rings. The molecule has 0 bridgehead atoms. The first kappa shape index (κ1) is 24.1. The summed E-state index contributed by atoms with van der Waals surface area (Å²) in [5.41, 5.74) is 0.804. The fourth-order valence-corrected chi connectivity index (χ4v) is 2.94. The lowest BCUT2D eigenvalue weighted by atomic mass is 9.94. The van der Waals surface area contributed by atoms with Crippen molar-refractivity contribution in [2.75, 3.05) is 19.5 Å². The SMILES string of the molecule is COc1ccc([C@H](OC(=O)NC(=O)c2ccccc2)[C@@H](C)CCOC(=O)CS)cc1O. The van der Waals surface area contributed by atoms with Crippen LogP contribution in [0.1, 0.15) is 35.4 Å². The van der Waals surface area contributed by atoms with Gasteiger partial charge < -0.3 is 19.3 Å². The minimum absolute atomic E-state index is 0.0370. The van der Waals surface area contributed by atoms with Crippen molar-refractivity contribution in [3.8, 4) is 11.5 Å². The van der Waals surface area contributed by atoms with E-state index in [1.165, 1.54) is 13.2 Å². The highest BCUT2D eigenvalue weighted by Gasteiger charge is 2.26. The van der Waals surface area contributed by atoms with Crippen molar-refractivity contribution in [1.29, 1.82) is 0 Å². The van der Waals surface area contributed by atoms with Gasteiger partial charge in [-0.05, 0) is 36.2 Å². The first-order valence-electron chi connectivity index (χ1n) is 9.56. The summed E-state index contributed by atoms with van der Waals surface area (Å²) in [4.78, 5) is 35.9. The standard InChI is InChI=1S/C22H25NO7S/c1-14(10-11-29-19(25)13-31)20(16-8-9-18(28-2)17(24)12-16)30-22(27)23-21(26)15-6-4-3-5-7-15/h3-9,12,14,20,24,31H,10-11,13H2,1-2H3,(H,23,26,27)/t14-,20+/m0/s1. The van der Waals surface area contributed by atoms with Crippen molar-refractivity contribution >= 4 is 30.6 Å². The molecule has 8 nitrogen and oxygen atoms in total. The van der Waals surface area contributed by atoms with Gasteiger partial charge in [0.1, 0.15) is 6.10 Å². The number of hydrogen-bond acceptors (Lipinski definition) is 8. The van der Waals surface area contributed by atoms with Crippen LogP contribution in [0.25, 0.3) is 0 Å². The largest absolute Gasteiger partial charge is 0.504 e. The van der Waals surface area contributed by atoms with Gasteiger partial charge in [-0.3, -0.25) is 14.9 Å². The molecule has 0 aliphatic carbocycles. The number of phenols is 1. The molecule has 0 heterocycles. The second-order valence-corrected chi connectivity index (χ2v) is 7.04. The van der Waals surface area contributed by atoms with E-state index in [0.717, 1.165) is 0 Å². The van der Waals surface area contributed by atoms with E-state index >= 15 is 0 Å². The van der Waals surface area contributed by atoms with E-state index in [-0.39, 0.29) is 29.8 Å². The number of imide groups is 1. The predicted molar refractivity (Wildman–Crippen MR) is 116 cm³/mol. The van der Waals surface area contributed by atoms with Crippen molar-refractivity contribution in [2.45, 2.75) is 19.4 Å². The van der Waals surface area contributed by atoms with Crippen LogP contribution in [0, 0.1) is 5.92 Å². The van der Waals surface area contributed by atoms with Gasteiger partial charge in [-0.2, -0.15) is 12.6 Å². The number of esters is 1. The number of phenolic OH excluding ortho intramolecular Hbond substituents is 1. The summed E-state index contributed by atoms with van der Waals surface area (Å²) in [6.45, 7) is 1.90. The molecule has 0 saturated heterocycles. The highest BCUT2D eigenvalue weighted by atomic mass is 32.1. The molecule has 0 radical (unpaired) electrons. The number of hydrogen-bond donors (Lipinski definition) is 3. The molecule has 0 aliphatic rings. The average Bonchev–Trinajstić information content (AvgIpc) is 2.77. The van der Waals surface area contributed by atoms with Crippen molar-refractivity contribution in [1.82, 2.24) is 5.32 Å². The molecular formula is C22H25NO7S. The number of nitrogens with one attached hydrogen (secondary N) is 1. The summed E-state index contributed by atoms with van der Waals surface area (Å²) >= 11 is 3.85. The molecule has 0 unspecified atom stereocenters. The summed E-state index contributed by atoms with van der Waals surface area (Å²) in [6.07, 6.45) is -1.39. The Morgan fingerprint density at radius 2 is 1.84 bits per heavy atom. The van der Waals surface area contributed by atoms with Gasteiger partial charge in [0.2, 0.25) is 0 Å². The number of carbonyl (C=O) groups is 3. The first-order valence-corrected chi connectivity index (χ1v) is 10.2. The fourth-order valence-electron chi connectivity index (χ4n) is 2.85. The zero-order chi connectivity index (χ0) is 22.8. The van der Waals surface area contributed by atoms with E-state index in [4.69, 9.17) is 14.2 Å². The van der Waals surface area contributed by atoms with Crippen molar-refractivity contribution in [3.05, 3.63) is 59.7 Å². The van der Waals surface area contributed by atoms with Gasteiger partial charge in [0.05, 0.1) is 19.5 Å². The maximum absolute atomic E-state index is 12.4. The van der Waals surface area contributed by atoms with Gasteiger partial charge in [-0.15, -0.1) is 0 Å². The van der Waals surface area contributed by atoms with Gasteiger partial charge in [-0.1, -0.05) is 31.2 Å². The molecule has 2 atom stereocenters. The summed E-state index contributed by atoms with van der Waals surface area (Å²) in [7, 11) is 1.42. The maximum Gasteiger partial charge on any atom is 0.414 e. The molecule has 31 heavy (non-hydrogen) atoms. The Balaban J connectivity index is 2.14. The Morgan fingerprint density at radius 1 is 1.13 bits per heavy atom. The molecule has 2 rings (SSSR count). The predicted octanol–water partition coefficient (Wildman–Crippen LogP) is 3.51. The monoisotopic (exact) mass is 447 g/mol. The number of carbonyl (C=O) groups excluding carboxylic acids is 3. The smallest absolute Gasteiger partial charge is 0.414 e. The van der Waals surface area contributed by atoms with E-state index in [1.54, 1.807) is 49.4 Å². The molecule has 166 valence electrons. The highest BCUT2D eigenvalue weighted by molar-refractivity contribution is 7.81. The number of benzene rings is 2. The third-order valence-electron chi connectivity index (χ3n) is 4.50. The third kappa shape index (κ3) is 7.21. The van der Waals surface area contributed by atoms with E-state index in [2.05, 4.69) is 17.9 Å². The minimum Gasteiger partial charge on any atom is -0.504 e. The molecule has 9 heteroatoms. The lowest BCUT2D eigenvalue weighted by Gasteiger charge is -2.25. The molecule has 0 aromatic heterocycles. The van der Waals surface area contributed by atoms with Crippen molar-refractivity contribution < 1.29 is 33.7 Å². The Kier molecular flexibility index (Phi) is 9.20. The number of amides is 2. The second kappa shape index (κ2) is 11.8. The Bertz CT molecular complexity index is 904. The molecule has 2 N–H and O–H groups in total. The Labute approximate surface area is 185 Å². The second-order valence-electron chi connectivity index (χ2n) is 6.72. The van der Waals surface area contributed by atoms with Crippen LogP contribution in [0.3, 0.4) is 0 Å². The fraction of sp³-hybridized carbons (Fsp3) is 0.318. The summed E-state index contributed by atoms with van der Waals surface area (Å²) in [5, 5.41) is 12.3. The van der Waals surface area contributed by atoms with Gasteiger partial charge in [0, 0.05) is 11.5 Å². The van der Waals surface area contributed by atoms with Crippen LogP contribution < -0.4 is 10.1 Å². The van der Waals surface area contributed by atoms with Crippen LogP contribution in [-0.4, -0.2) is 42.5 Å². The molecule has 2 aromatic carbocycles. The van der Waals surface area contributed by atoms with E-state index in [9.17, 15) is 19.5 Å². The Morgan fingerprint density at radius 3 is 2.45 bits per heavy atom. The topological polar surface area (TPSA) is 111 Å². The highest BCUT2D eigenvalue weighted by Crippen LogP contribution is 2.34. The number of ether oxygens (including phenoxy) is 3. The first-order chi connectivity index (χ1) is 14.8. The lowest BCUT2D eigenvalue weighted by molar-refractivity contribution is -0.141. The normalized spacial score (nSPS) is 12.4. The zero-order valence-corrected chi connectivity index (χ0v) is 18.1. The van der Waals surface area contributed by atoms with Crippen LogP contribution >= 0.6 is 12.6 Å². The molecule has 0 aliphatic heterocycles. The van der Waals surface area contributed by atoms with E-state index in [0.29, 0.717) is 17.5 Å². The van der Waals surface area contributed by atoms with E-state index in [1.807, 2.05) is 0 Å². The number of methoxy groups -OCH3 is 1. The van der Waals surface area contributed by atoms with Gasteiger partial charge >= 0.3 is 12.1 Å². The maximum atomic E-state index is 12.4.